The van der Waals surface area contributed by atoms with E-state index in [4.69, 9.17) is 4.74 Å². The van der Waals surface area contributed by atoms with Crippen LogP contribution in [0.2, 0.25) is 0 Å². The summed E-state index contributed by atoms with van der Waals surface area (Å²) in [6.07, 6.45) is 4.35. The molecule has 0 amide bonds. The van der Waals surface area contributed by atoms with Gasteiger partial charge in [-0.05, 0) is 49.9 Å². The Hall–Kier alpha value is -1.87. The summed E-state index contributed by atoms with van der Waals surface area (Å²) in [6.45, 7) is 4.94. The predicted octanol–water partition coefficient (Wildman–Crippen LogP) is 3.74. The van der Waals surface area contributed by atoms with Crippen molar-refractivity contribution in [1.29, 1.82) is 0 Å². The molecule has 1 N–H and O–H groups in total. The van der Waals surface area contributed by atoms with Crippen molar-refractivity contribution in [2.45, 2.75) is 39.3 Å². The van der Waals surface area contributed by atoms with Crippen LogP contribution in [-0.4, -0.2) is 11.0 Å². The van der Waals surface area contributed by atoms with E-state index in [9.17, 15) is 0 Å². The second-order valence-corrected chi connectivity index (χ2v) is 5.49. The minimum atomic E-state index is 0.684. The fourth-order valence-corrected chi connectivity index (χ4v) is 2.11. The summed E-state index contributed by atoms with van der Waals surface area (Å²) in [4.78, 5) is 4.38. The normalized spacial score (nSPS) is 14.3. The lowest BCUT2D eigenvalue weighted by molar-refractivity contribution is 0.449. The molecule has 20 heavy (non-hydrogen) atoms. The Kier molecular flexibility index (Phi) is 3.70. The summed E-state index contributed by atoms with van der Waals surface area (Å²) < 4.78 is 6.02. The SMILES string of the molecule is Cc1ccc(C)c(Oc2ncccc2CNC2CC2)c1. The third kappa shape index (κ3) is 3.17. The summed E-state index contributed by atoms with van der Waals surface area (Å²) in [5.41, 5.74) is 3.43. The van der Waals surface area contributed by atoms with Gasteiger partial charge in [-0.2, -0.15) is 0 Å². The highest BCUT2D eigenvalue weighted by Crippen LogP contribution is 2.27. The summed E-state index contributed by atoms with van der Waals surface area (Å²) in [5.74, 6) is 1.59. The van der Waals surface area contributed by atoms with E-state index in [0.29, 0.717) is 11.9 Å². The van der Waals surface area contributed by atoms with Crippen LogP contribution in [-0.2, 0) is 6.54 Å². The number of aryl methyl sites for hydroxylation is 2. The monoisotopic (exact) mass is 268 g/mol. The van der Waals surface area contributed by atoms with Crippen LogP contribution in [0, 0.1) is 13.8 Å². The fraction of sp³-hybridized carbons (Fsp3) is 0.353. The molecule has 0 spiro atoms. The molecule has 3 heteroatoms. The van der Waals surface area contributed by atoms with Gasteiger partial charge in [0.05, 0.1) is 0 Å². The Morgan fingerprint density at radius 3 is 2.90 bits per heavy atom. The number of nitrogens with zero attached hydrogens (tertiary/aromatic N) is 1. The Morgan fingerprint density at radius 1 is 1.25 bits per heavy atom. The molecule has 0 atom stereocenters. The average Bonchev–Trinajstić information content (AvgIpc) is 3.26. The summed E-state index contributed by atoms with van der Waals surface area (Å²) in [6, 6.07) is 10.9. The van der Waals surface area contributed by atoms with Crippen LogP contribution in [0.15, 0.2) is 36.5 Å². The average molecular weight is 268 g/mol. The number of hydrogen-bond donors (Lipinski definition) is 1. The van der Waals surface area contributed by atoms with E-state index in [1.165, 1.54) is 18.4 Å². The first-order valence-electron chi connectivity index (χ1n) is 7.15. The number of pyridine rings is 1. The molecule has 1 saturated carbocycles. The molecule has 1 aromatic heterocycles. The van der Waals surface area contributed by atoms with Gasteiger partial charge < -0.3 is 10.1 Å². The lowest BCUT2D eigenvalue weighted by Crippen LogP contribution is -2.16. The third-order valence-corrected chi connectivity index (χ3v) is 3.56. The van der Waals surface area contributed by atoms with Crippen LogP contribution in [0.25, 0.3) is 0 Å². The van der Waals surface area contributed by atoms with Crippen molar-refractivity contribution in [2.75, 3.05) is 0 Å². The van der Waals surface area contributed by atoms with Crippen LogP contribution in [0.1, 0.15) is 29.5 Å². The molecule has 104 valence electrons. The maximum Gasteiger partial charge on any atom is 0.223 e. The maximum atomic E-state index is 6.02. The van der Waals surface area contributed by atoms with Gasteiger partial charge in [-0.3, -0.25) is 0 Å². The lowest BCUT2D eigenvalue weighted by atomic mass is 10.1. The first-order valence-corrected chi connectivity index (χ1v) is 7.15. The molecule has 1 fully saturated rings. The van der Waals surface area contributed by atoms with Crippen molar-refractivity contribution >= 4 is 0 Å². The fourth-order valence-electron chi connectivity index (χ4n) is 2.11. The van der Waals surface area contributed by atoms with E-state index >= 15 is 0 Å². The molecule has 3 rings (SSSR count). The summed E-state index contributed by atoms with van der Waals surface area (Å²) in [5, 5.41) is 3.51. The van der Waals surface area contributed by atoms with E-state index in [2.05, 4.69) is 48.4 Å². The van der Waals surface area contributed by atoms with Gasteiger partial charge >= 0.3 is 0 Å². The standard InChI is InChI=1S/C17H20N2O/c1-12-5-6-13(2)16(10-12)20-17-14(4-3-9-18-17)11-19-15-7-8-15/h3-6,9-10,15,19H,7-8,11H2,1-2H3. The van der Waals surface area contributed by atoms with Crippen LogP contribution in [0.4, 0.5) is 0 Å². The van der Waals surface area contributed by atoms with Gasteiger partial charge in [-0.25, -0.2) is 4.98 Å². The smallest absolute Gasteiger partial charge is 0.223 e. The van der Waals surface area contributed by atoms with Crippen molar-refractivity contribution in [3.8, 4) is 11.6 Å². The molecule has 0 saturated heterocycles. The van der Waals surface area contributed by atoms with E-state index < -0.39 is 0 Å². The van der Waals surface area contributed by atoms with Crippen molar-refractivity contribution in [3.63, 3.8) is 0 Å². The van der Waals surface area contributed by atoms with Crippen LogP contribution < -0.4 is 10.1 Å². The zero-order chi connectivity index (χ0) is 13.9. The van der Waals surface area contributed by atoms with E-state index in [-0.39, 0.29) is 0 Å². The van der Waals surface area contributed by atoms with Gasteiger partial charge in [0.2, 0.25) is 5.88 Å². The molecule has 1 aromatic carbocycles. The van der Waals surface area contributed by atoms with Crippen molar-refractivity contribution in [1.82, 2.24) is 10.3 Å². The van der Waals surface area contributed by atoms with Gasteiger partial charge in [0.1, 0.15) is 5.75 Å². The molecule has 2 aromatic rings. The molecule has 1 aliphatic carbocycles. The number of benzene rings is 1. The van der Waals surface area contributed by atoms with Gasteiger partial charge in [0.15, 0.2) is 0 Å². The van der Waals surface area contributed by atoms with Gasteiger partial charge in [-0.15, -0.1) is 0 Å². The van der Waals surface area contributed by atoms with E-state index in [1.807, 2.05) is 6.07 Å². The Balaban J connectivity index is 1.80. The molecular weight excluding hydrogens is 248 g/mol. The zero-order valence-corrected chi connectivity index (χ0v) is 12.0. The molecule has 0 radical (unpaired) electrons. The summed E-state index contributed by atoms with van der Waals surface area (Å²) >= 11 is 0. The Bertz CT molecular complexity index is 606. The Labute approximate surface area is 120 Å². The largest absolute Gasteiger partial charge is 0.438 e. The van der Waals surface area contributed by atoms with Gasteiger partial charge in [-0.1, -0.05) is 18.2 Å². The van der Waals surface area contributed by atoms with Crippen molar-refractivity contribution in [2.24, 2.45) is 0 Å². The zero-order valence-electron chi connectivity index (χ0n) is 12.0. The third-order valence-electron chi connectivity index (χ3n) is 3.56. The number of aromatic nitrogens is 1. The van der Waals surface area contributed by atoms with Gasteiger partial charge in [0.25, 0.3) is 0 Å². The molecule has 0 bridgehead atoms. The highest BCUT2D eigenvalue weighted by atomic mass is 16.5. The van der Waals surface area contributed by atoms with E-state index in [1.54, 1.807) is 6.20 Å². The van der Waals surface area contributed by atoms with Crippen LogP contribution in [0.3, 0.4) is 0 Å². The highest BCUT2D eigenvalue weighted by Gasteiger charge is 2.20. The van der Waals surface area contributed by atoms with Gasteiger partial charge in [0, 0.05) is 24.3 Å². The Morgan fingerprint density at radius 2 is 2.10 bits per heavy atom. The van der Waals surface area contributed by atoms with Crippen LogP contribution in [0.5, 0.6) is 11.6 Å². The molecule has 3 nitrogen and oxygen atoms in total. The molecule has 1 heterocycles. The highest BCUT2D eigenvalue weighted by molar-refractivity contribution is 5.40. The topological polar surface area (TPSA) is 34.1 Å². The van der Waals surface area contributed by atoms with Crippen molar-refractivity contribution < 1.29 is 4.74 Å². The second kappa shape index (κ2) is 5.63. The van der Waals surface area contributed by atoms with E-state index in [0.717, 1.165) is 23.4 Å². The first-order chi connectivity index (χ1) is 9.72. The quantitative estimate of drug-likeness (QED) is 0.897. The minimum Gasteiger partial charge on any atom is -0.438 e. The number of hydrogen-bond acceptors (Lipinski definition) is 3. The number of ether oxygens (including phenoxy) is 1. The molecule has 0 unspecified atom stereocenters. The predicted molar refractivity (Wildman–Crippen MR) is 80.1 cm³/mol. The van der Waals surface area contributed by atoms with Crippen molar-refractivity contribution in [3.05, 3.63) is 53.2 Å². The second-order valence-electron chi connectivity index (χ2n) is 5.49. The molecule has 0 aliphatic heterocycles. The number of rotatable bonds is 5. The summed E-state index contributed by atoms with van der Waals surface area (Å²) in [7, 11) is 0. The number of nitrogens with one attached hydrogen (secondary N) is 1. The maximum absolute atomic E-state index is 6.02. The minimum absolute atomic E-state index is 0.684. The molecular formula is C17H20N2O. The molecule has 1 aliphatic rings. The van der Waals surface area contributed by atoms with Crippen LogP contribution >= 0.6 is 0 Å². The first kappa shape index (κ1) is 13.1. The lowest BCUT2D eigenvalue weighted by Gasteiger charge is -2.12.